The first kappa shape index (κ1) is 21.0. The number of esters is 2. The van der Waals surface area contributed by atoms with Gasteiger partial charge in [0.2, 0.25) is 0 Å². The number of hydrogen-bond acceptors (Lipinski definition) is 7. The molecule has 0 N–H and O–H groups in total. The van der Waals surface area contributed by atoms with Gasteiger partial charge >= 0.3 is 18.3 Å². The maximum absolute atomic E-state index is 14.2. The van der Waals surface area contributed by atoms with E-state index in [0.29, 0.717) is 0 Å². The Kier molecular flexibility index (Phi) is 6.31. The average Bonchev–Trinajstić information content (AvgIpc) is 2.60. The number of rotatable bonds is 4. The van der Waals surface area contributed by atoms with E-state index >= 15 is 0 Å². The summed E-state index contributed by atoms with van der Waals surface area (Å²) in [5.41, 5.74) is -1.28. The Morgan fingerprint density at radius 2 is 1.81 bits per heavy atom. The van der Waals surface area contributed by atoms with Crippen LogP contribution in [0.5, 0.6) is 5.75 Å². The van der Waals surface area contributed by atoms with Gasteiger partial charge < -0.3 is 23.8 Å². The first-order valence-electron chi connectivity index (χ1n) is 7.09. The Hall–Kier alpha value is -2.34. The summed E-state index contributed by atoms with van der Waals surface area (Å²) in [5.74, 6) is -4.58. The highest BCUT2D eigenvalue weighted by atomic mass is 79.9. The van der Waals surface area contributed by atoms with Gasteiger partial charge in [-0.3, -0.25) is 0 Å². The maximum Gasteiger partial charge on any atom is 0.573 e. The molecule has 0 aliphatic carbocycles. The van der Waals surface area contributed by atoms with Gasteiger partial charge in [0.15, 0.2) is 11.6 Å². The fraction of sp³-hybridized carbons (Fsp3) is 0.333. The number of hydrogen-bond donors (Lipinski definition) is 0. The van der Waals surface area contributed by atoms with Gasteiger partial charge in [-0.2, -0.15) is 0 Å². The lowest BCUT2D eigenvalue weighted by molar-refractivity contribution is -0.275. The van der Waals surface area contributed by atoms with Crippen LogP contribution < -0.4 is 9.64 Å². The fourth-order valence-electron chi connectivity index (χ4n) is 2.30. The fourth-order valence-corrected chi connectivity index (χ4v) is 2.72. The summed E-state index contributed by atoms with van der Waals surface area (Å²) in [6.45, 7) is -0.839. The minimum Gasteiger partial charge on any atom is -0.466 e. The summed E-state index contributed by atoms with van der Waals surface area (Å²) in [7, 11) is 2.05. The molecule has 2 rings (SSSR count). The van der Waals surface area contributed by atoms with E-state index in [2.05, 4.69) is 30.1 Å². The number of halogens is 5. The lowest BCUT2D eigenvalue weighted by Crippen LogP contribution is -2.39. The third-order valence-electron chi connectivity index (χ3n) is 3.33. The van der Waals surface area contributed by atoms with Crippen molar-refractivity contribution in [3.8, 4) is 5.75 Å². The Labute approximate surface area is 158 Å². The Morgan fingerprint density at radius 1 is 1.19 bits per heavy atom. The van der Waals surface area contributed by atoms with E-state index in [9.17, 15) is 27.2 Å². The molecule has 0 aromatic heterocycles. The molecule has 1 heterocycles. The molecule has 0 saturated carbocycles. The third-order valence-corrected chi connectivity index (χ3v) is 3.79. The highest BCUT2D eigenvalue weighted by Crippen LogP contribution is 2.40. The molecular formula is C15H12BrF4NO6. The van der Waals surface area contributed by atoms with Gasteiger partial charge in [0.05, 0.1) is 32.1 Å². The zero-order valence-corrected chi connectivity index (χ0v) is 15.4. The number of ether oxygens (including phenoxy) is 4. The second-order valence-corrected chi connectivity index (χ2v) is 5.92. The molecule has 148 valence electrons. The first-order chi connectivity index (χ1) is 12.6. The van der Waals surface area contributed by atoms with Crippen molar-refractivity contribution in [3.05, 3.63) is 33.7 Å². The van der Waals surface area contributed by atoms with Crippen molar-refractivity contribution in [1.82, 2.24) is 0 Å². The van der Waals surface area contributed by atoms with Crippen LogP contribution in [0.2, 0.25) is 0 Å². The van der Waals surface area contributed by atoms with E-state index in [0.717, 1.165) is 31.3 Å². The average molecular weight is 458 g/mol. The number of benzene rings is 1. The van der Waals surface area contributed by atoms with Crippen LogP contribution in [-0.2, 0) is 23.8 Å². The molecule has 0 radical (unpaired) electrons. The van der Waals surface area contributed by atoms with Crippen molar-refractivity contribution in [2.45, 2.75) is 6.36 Å². The van der Waals surface area contributed by atoms with Crippen molar-refractivity contribution in [2.24, 2.45) is 0 Å². The van der Waals surface area contributed by atoms with Crippen molar-refractivity contribution < 1.29 is 46.1 Å². The predicted molar refractivity (Wildman–Crippen MR) is 85.1 cm³/mol. The van der Waals surface area contributed by atoms with Crippen LogP contribution in [0.4, 0.5) is 23.2 Å². The van der Waals surface area contributed by atoms with Gasteiger partial charge in [-0.25, -0.2) is 14.0 Å². The smallest absolute Gasteiger partial charge is 0.466 e. The summed E-state index contributed by atoms with van der Waals surface area (Å²) >= 11 is 2.96. The summed E-state index contributed by atoms with van der Waals surface area (Å²) in [5, 5.41) is 0. The highest BCUT2D eigenvalue weighted by molar-refractivity contribution is 9.10. The second kappa shape index (κ2) is 8.13. The number of nitrogens with zero attached hydrogens (tertiary/aromatic N) is 1. The lowest BCUT2D eigenvalue weighted by atomic mass is 10.1. The van der Waals surface area contributed by atoms with Crippen LogP contribution in [0.1, 0.15) is 0 Å². The summed E-state index contributed by atoms with van der Waals surface area (Å²) < 4.78 is 70.5. The van der Waals surface area contributed by atoms with E-state index in [1.165, 1.54) is 0 Å². The molecule has 1 aromatic rings. The zero-order valence-electron chi connectivity index (χ0n) is 13.9. The monoisotopic (exact) mass is 457 g/mol. The van der Waals surface area contributed by atoms with Crippen LogP contribution in [0.15, 0.2) is 27.9 Å². The molecule has 1 aliphatic heterocycles. The van der Waals surface area contributed by atoms with Crippen LogP contribution in [-0.4, -0.2) is 45.9 Å². The molecule has 0 fully saturated rings. The molecule has 27 heavy (non-hydrogen) atoms. The maximum atomic E-state index is 14.2. The van der Waals surface area contributed by atoms with Gasteiger partial charge in [0.1, 0.15) is 12.4 Å². The van der Waals surface area contributed by atoms with Crippen LogP contribution in [0.3, 0.4) is 0 Å². The minimum absolute atomic E-state index is 0.0546. The SMILES string of the molecule is COC(=O)C1=C(C(=O)OC)N(c2cc(Br)cc(F)c2OC(F)(F)F)COC1. The second-order valence-electron chi connectivity index (χ2n) is 5.00. The minimum atomic E-state index is -5.21. The number of carbonyl (C=O) groups excluding carboxylic acids is 2. The van der Waals surface area contributed by atoms with Crippen molar-refractivity contribution >= 4 is 33.6 Å². The molecule has 1 aliphatic rings. The molecule has 0 unspecified atom stereocenters. The predicted octanol–water partition coefficient (Wildman–Crippen LogP) is 2.88. The summed E-state index contributed by atoms with van der Waals surface area (Å²) in [6.07, 6.45) is -5.21. The van der Waals surface area contributed by atoms with E-state index in [4.69, 9.17) is 4.74 Å². The van der Waals surface area contributed by atoms with Crippen molar-refractivity contribution in [2.75, 3.05) is 32.5 Å². The van der Waals surface area contributed by atoms with Gasteiger partial charge in [-0.15, -0.1) is 13.2 Å². The lowest BCUT2D eigenvalue weighted by Gasteiger charge is -2.32. The molecule has 0 spiro atoms. The third kappa shape index (κ3) is 4.69. The highest BCUT2D eigenvalue weighted by Gasteiger charge is 2.38. The molecule has 0 bridgehead atoms. The Bertz CT molecular complexity index is 795. The van der Waals surface area contributed by atoms with E-state index < -0.39 is 48.0 Å². The summed E-state index contributed by atoms with van der Waals surface area (Å²) in [6, 6.07) is 1.81. The number of methoxy groups -OCH3 is 2. The zero-order chi connectivity index (χ0) is 20.4. The quantitative estimate of drug-likeness (QED) is 0.508. The standard InChI is InChI=1S/C15H12BrF4NO6/c1-24-13(22)8-5-26-6-21(11(8)14(23)25-2)10-4-7(16)3-9(17)12(10)27-15(18,19)20/h3-4H,5-6H2,1-2H3. The normalized spacial score (nSPS) is 14.9. The summed E-state index contributed by atoms with van der Waals surface area (Å²) in [4.78, 5) is 25.0. The Balaban J connectivity index is 2.70. The van der Waals surface area contributed by atoms with Crippen LogP contribution in [0.25, 0.3) is 0 Å². The van der Waals surface area contributed by atoms with Gasteiger partial charge in [-0.05, 0) is 12.1 Å². The molecule has 7 nitrogen and oxygen atoms in total. The van der Waals surface area contributed by atoms with Crippen LogP contribution >= 0.6 is 15.9 Å². The Morgan fingerprint density at radius 3 is 2.37 bits per heavy atom. The van der Waals surface area contributed by atoms with Gasteiger partial charge in [0, 0.05) is 4.47 Å². The molecular weight excluding hydrogens is 446 g/mol. The van der Waals surface area contributed by atoms with Crippen LogP contribution in [0, 0.1) is 5.82 Å². The molecule has 1 aromatic carbocycles. The largest absolute Gasteiger partial charge is 0.573 e. The number of alkyl halides is 3. The van der Waals surface area contributed by atoms with Crippen molar-refractivity contribution in [1.29, 1.82) is 0 Å². The first-order valence-corrected chi connectivity index (χ1v) is 7.88. The van der Waals surface area contributed by atoms with E-state index in [1.54, 1.807) is 0 Å². The molecule has 0 saturated heterocycles. The van der Waals surface area contributed by atoms with E-state index in [-0.39, 0.29) is 16.7 Å². The van der Waals surface area contributed by atoms with Gasteiger partial charge in [0.25, 0.3) is 0 Å². The molecule has 0 atom stereocenters. The van der Waals surface area contributed by atoms with Gasteiger partial charge in [-0.1, -0.05) is 15.9 Å². The number of carbonyl (C=O) groups is 2. The topological polar surface area (TPSA) is 74.3 Å². The number of anilines is 1. The van der Waals surface area contributed by atoms with E-state index in [1.807, 2.05) is 0 Å². The van der Waals surface area contributed by atoms with Crippen molar-refractivity contribution in [3.63, 3.8) is 0 Å². The molecule has 0 amide bonds. The molecule has 12 heteroatoms.